The van der Waals surface area contributed by atoms with E-state index in [0.717, 1.165) is 25.5 Å². The van der Waals surface area contributed by atoms with Gasteiger partial charge >= 0.3 is 0 Å². The molecule has 0 aromatic heterocycles. The van der Waals surface area contributed by atoms with E-state index in [1.807, 2.05) is 0 Å². The van der Waals surface area contributed by atoms with Crippen LogP contribution in [0.4, 0.5) is 0 Å². The molecule has 1 aliphatic rings. The monoisotopic (exact) mass is 316 g/mol. The fourth-order valence-electron chi connectivity index (χ4n) is 2.99. The van der Waals surface area contributed by atoms with Crippen LogP contribution in [0.25, 0.3) is 0 Å². The standard InChI is InChI=1S/C19H32N4/c1-3-20-19(22-17(2)18-11-5-4-6-12-18)21-13-7-8-14-23-15-9-10-16-23/h4-6,11-12,17H,3,7-10,13-16H2,1-2H3,(H2,20,21,22). The minimum absolute atomic E-state index is 0.263. The number of aliphatic imine (C=N–C) groups is 1. The van der Waals surface area contributed by atoms with Gasteiger partial charge in [0.2, 0.25) is 0 Å². The Hall–Kier alpha value is -1.55. The average molecular weight is 316 g/mol. The highest BCUT2D eigenvalue weighted by molar-refractivity contribution is 5.80. The van der Waals surface area contributed by atoms with E-state index in [0.29, 0.717) is 0 Å². The highest BCUT2D eigenvalue weighted by Gasteiger charge is 2.10. The number of hydrogen-bond donors (Lipinski definition) is 2. The Balaban J connectivity index is 1.73. The summed E-state index contributed by atoms with van der Waals surface area (Å²) in [5.41, 5.74) is 1.28. The van der Waals surface area contributed by atoms with Gasteiger partial charge in [-0.25, -0.2) is 0 Å². The van der Waals surface area contributed by atoms with Crippen molar-refractivity contribution in [2.24, 2.45) is 4.99 Å². The second-order valence-corrected chi connectivity index (χ2v) is 6.29. The molecule has 1 saturated heterocycles. The van der Waals surface area contributed by atoms with Crippen molar-refractivity contribution in [1.82, 2.24) is 15.5 Å². The van der Waals surface area contributed by atoms with Crippen molar-refractivity contribution in [3.63, 3.8) is 0 Å². The van der Waals surface area contributed by atoms with E-state index in [9.17, 15) is 0 Å². The molecular formula is C19H32N4. The Morgan fingerprint density at radius 1 is 1.17 bits per heavy atom. The van der Waals surface area contributed by atoms with Gasteiger partial charge in [0.25, 0.3) is 0 Å². The summed E-state index contributed by atoms with van der Waals surface area (Å²) in [5, 5.41) is 6.84. The van der Waals surface area contributed by atoms with Crippen LogP contribution in [0.3, 0.4) is 0 Å². The minimum atomic E-state index is 0.263. The van der Waals surface area contributed by atoms with E-state index in [2.05, 4.69) is 59.7 Å². The first-order valence-corrected chi connectivity index (χ1v) is 9.11. The molecule has 1 unspecified atom stereocenters. The van der Waals surface area contributed by atoms with Gasteiger partial charge in [-0.1, -0.05) is 30.3 Å². The second-order valence-electron chi connectivity index (χ2n) is 6.29. The van der Waals surface area contributed by atoms with E-state index in [-0.39, 0.29) is 6.04 Å². The highest BCUT2D eigenvalue weighted by Crippen LogP contribution is 2.11. The molecule has 0 saturated carbocycles. The van der Waals surface area contributed by atoms with Gasteiger partial charge in [-0.15, -0.1) is 0 Å². The van der Waals surface area contributed by atoms with Crippen molar-refractivity contribution < 1.29 is 0 Å². The Labute approximate surface area is 141 Å². The maximum Gasteiger partial charge on any atom is 0.191 e. The predicted molar refractivity (Wildman–Crippen MR) is 98.9 cm³/mol. The van der Waals surface area contributed by atoms with Crippen LogP contribution in [0, 0.1) is 0 Å². The largest absolute Gasteiger partial charge is 0.357 e. The third kappa shape index (κ3) is 6.61. The number of unbranched alkanes of at least 4 members (excludes halogenated alkanes) is 1. The lowest BCUT2D eigenvalue weighted by molar-refractivity contribution is 0.331. The summed E-state index contributed by atoms with van der Waals surface area (Å²) in [6.07, 6.45) is 5.16. The Morgan fingerprint density at radius 2 is 1.91 bits per heavy atom. The van der Waals surface area contributed by atoms with Crippen LogP contribution in [-0.2, 0) is 0 Å². The fourth-order valence-corrected chi connectivity index (χ4v) is 2.99. The first-order chi connectivity index (χ1) is 11.3. The van der Waals surface area contributed by atoms with Gasteiger partial charge in [0, 0.05) is 13.1 Å². The molecule has 1 atom stereocenters. The van der Waals surface area contributed by atoms with Crippen molar-refractivity contribution in [3.05, 3.63) is 35.9 Å². The van der Waals surface area contributed by atoms with Crippen molar-refractivity contribution in [1.29, 1.82) is 0 Å². The smallest absolute Gasteiger partial charge is 0.191 e. The summed E-state index contributed by atoms with van der Waals surface area (Å²) >= 11 is 0. The van der Waals surface area contributed by atoms with Crippen molar-refractivity contribution in [2.75, 3.05) is 32.7 Å². The molecule has 4 heteroatoms. The van der Waals surface area contributed by atoms with Gasteiger partial charge in [-0.3, -0.25) is 4.99 Å². The summed E-state index contributed by atoms with van der Waals surface area (Å²) in [7, 11) is 0. The molecule has 1 aliphatic heterocycles. The lowest BCUT2D eigenvalue weighted by atomic mass is 10.1. The van der Waals surface area contributed by atoms with Crippen molar-refractivity contribution in [3.8, 4) is 0 Å². The molecule has 1 aromatic carbocycles. The van der Waals surface area contributed by atoms with Gasteiger partial charge < -0.3 is 15.5 Å². The summed E-state index contributed by atoms with van der Waals surface area (Å²) in [4.78, 5) is 7.29. The number of benzene rings is 1. The molecule has 2 rings (SSSR count). The van der Waals surface area contributed by atoms with Crippen LogP contribution < -0.4 is 10.6 Å². The van der Waals surface area contributed by atoms with Crippen LogP contribution in [0.15, 0.2) is 35.3 Å². The zero-order chi connectivity index (χ0) is 16.3. The number of hydrogen-bond acceptors (Lipinski definition) is 2. The second kappa shape index (κ2) is 10.3. The third-order valence-corrected chi connectivity index (χ3v) is 4.35. The third-order valence-electron chi connectivity index (χ3n) is 4.35. The molecule has 23 heavy (non-hydrogen) atoms. The van der Waals surface area contributed by atoms with Gasteiger partial charge in [-0.2, -0.15) is 0 Å². The van der Waals surface area contributed by atoms with E-state index in [1.165, 1.54) is 44.5 Å². The van der Waals surface area contributed by atoms with Crippen LogP contribution in [0.5, 0.6) is 0 Å². The first-order valence-electron chi connectivity index (χ1n) is 9.11. The Morgan fingerprint density at radius 3 is 2.61 bits per heavy atom. The lowest BCUT2D eigenvalue weighted by Gasteiger charge is -2.18. The molecule has 4 nitrogen and oxygen atoms in total. The van der Waals surface area contributed by atoms with Crippen molar-refractivity contribution in [2.45, 2.75) is 45.6 Å². The SMILES string of the molecule is CCNC(=NCCCCN1CCCC1)NC(C)c1ccccc1. The first kappa shape index (κ1) is 17.8. The van der Waals surface area contributed by atoms with Gasteiger partial charge in [0.05, 0.1) is 6.04 Å². The topological polar surface area (TPSA) is 39.7 Å². The van der Waals surface area contributed by atoms with Crippen LogP contribution in [0.2, 0.25) is 0 Å². The molecular weight excluding hydrogens is 284 g/mol. The van der Waals surface area contributed by atoms with Gasteiger partial charge in [-0.05, 0) is 64.7 Å². The summed E-state index contributed by atoms with van der Waals surface area (Å²) in [5.74, 6) is 0.921. The van der Waals surface area contributed by atoms with Crippen LogP contribution in [0.1, 0.15) is 51.1 Å². The average Bonchev–Trinajstić information content (AvgIpc) is 3.09. The lowest BCUT2D eigenvalue weighted by Crippen LogP contribution is -2.38. The maximum atomic E-state index is 4.72. The normalized spacial score (nSPS) is 17.2. The molecule has 0 radical (unpaired) electrons. The number of nitrogens with one attached hydrogen (secondary N) is 2. The molecule has 2 N–H and O–H groups in total. The zero-order valence-electron chi connectivity index (χ0n) is 14.7. The Bertz CT molecular complexity index is 452. The van der Waals surface area contributed by atoms with Crippen molar-refractivity contribution >= 4 is 5.96 Å². The molecule has 1 fully saturated rings. The number of guanidine groups is 1. The van der Waals surface area contributed by atoms with E-state index < -0.39 is 0 Å². The molecule has 0 spiro atoms. The molecule has 128 valence electrons. The summed E-state index contributed by atoms with van der Waals surface area (Å²) in [6.45, 7) is 9.89. The quantitative estimate of drug-likeness (QED) is 0.439. The zero-order valence-corrected chi connectivity index (χ0v) is 14.7. The highest BCUT2D eigenvalue weighted by atomic mass is 15.2. The summed E-state index contributed by atoms with van der Waals surface area (Å²) < 4.78 is 0. The van der Waals surface area contributed by atoms with Gasteiger partial charge in [0.1, 0.15) is 0 Å². The molecule has 0 bridgehead atoms. The number of nitrogens with zero attached hydrogens (tertiary/aromatic N) is 2. The van der Waals surface area contributed by atoms with E-state index in [1.54, 1.807) is 0 Å². The minimum Gasteiger partial charge on any atom is -0.357 e. The maximum absolute atomic E-state index is 4.72. The molecule has 1 aromatic rings. The van der Waals surface area contributed by atoms with Crippen LogP contribution in [-0.4, -0.2) is 43.6 Å². The predicted octanol–water partition coefficient (Wildman–Crippen LogP) is 3.18. The fraction of sp³-hybridized carbons (Fsp3) is 0.632. The molecule has 0 amide bonds. The summed E-state index contributed by atoms with van der Waals surface area (Å²) in [6, 6.07) is 10.8. The Kier molecular flexibility index (Phi) is 7.95. The number of rotatable bonds is 8. The van der Waals surface area contributed by atoms with Crippen LogP contribution >= 0.6 is 0 Å². The van der Waals surface area contributed by atoms with E-state index in [4.69, 9.17) is 4.99 Å². The molecule has 1 heterocycles. The molecule has 0 aliphatic carbocycles. The van der Waals surface area contributed by atoms with E-state index >= 15 is 0 Å². The van der Waals surface area contributed by atoms with Gasteiger partial charge in [0.15, 0.2) is 5.96 Å². The number of likely N-dealkylation sites (tertiary alicyclic amines) is 1.